The van der Waals surface area contributed by atoms with Crippen LogP contribution in [0.2, 0.25) is 0 Å². The molecule has 0 saturated carbocycles. The van der Waals surface area contributed by atoms with Crippen molar-refractivity contribution in [2.45, 2.75) is 13.5 Å². The molecule has 3 heterocycles. The molecule has 0 aromatic carbocycles. The van der Waals surface area contributed by atoms with E-state index in [2.05, 4.69) is 15.1 Å². The van der Waals surface area contributed by atoms with E-state index in [0.717, 1.165) is 28.0 Å². The van der Waals surface area contributed by atoms with Crippen molar-refractivity contribution in [1.82, 2.24) is 19.7 Å². The summed E-state index contributed by atoms with van der Waals surface area (Å²) in [6, 6.07) is 5.89. The Hall–Kier alpha value is -2.27. The smallest absolute Gasteiger partial charge is 0.0965 e. The normalized spacial score (nSPS) is 11.1. The highest BCUT2D eigenvalue weighted by molar-refractivity contribution is 5.82. The summed E-state index contributed by atoms with van der Waals surface area (Å²) < 4.78 is 7.08. The Labute approximate surface area is 110 Å². The number of hydrogen-bond donors (Lipinski definition) is 0. The fourth-order valence-electron chi connectivity index (χ4n) is 2.13. The summed E-state index contributed by atoms with van der Waals surface area (Å²) in [6.45, 7) is 2.45. The van der Waals surface area contributed by atoms with Crippen LogP contribution in [-0.4, -0.2) is 26.9 Å². The number of aryl methyl sites for hydroxylation is 1. The van der Waals surface area contributed by atoms with Crippen LogP contribution in [0.5, 0.6) is 0 Å². The van der Waals surface area contributed by atoms with Gasteiger partial charge in [0.25, 0.3) is 0 Å². The molecule has 3 aromatic heterocycles. The zero-order chi connectivity index (χ0) is 13.2. The molecule has 0 N–H and O–H groups in total. The van der Waals surface area contributed by atoms with Gasteiger partial charge in [-0.05, 0) is 25.1 Å². The lowest BCUT2D eigenvalue weighted by molar-refractivity contribution is 0.182. The van der Waals surface area contributed by atoms with Crippen molar-refractivity contribution in [2.24, 2.45) is 0 Å². The lowest BCUT2D eigenvalue weighted by Crippen LogP contribution is -1.99. The molecule has 0 radical (unpaired) electrons. The highest BCUT2D eigenvalue weighted by Gasteiger charge is 2.11. The van der Waals surface area contributed by atoms with Crippen molar-refractivity contribution < 1.29 is 4.74 Å². The fourth-order valence-corrected chi connectivity index (χ4v) is 2.13. The minimum Gasteiger partial charge on any atom is -0.378 e. The highest BCUT2D eigenvalue weighted by atomic mass is 16.5. The second-order valence-corrected chi connectivity index (χ2v) is 4.34. The Balaban J connectivity index is 2.23. The lowest BCUT2D eigenvalue weighted by atomic mass is 10.2. The number of methoxy groups -OCH3 is 1. The van der Waals surface area contributed by atoms with E-state index in [1.165, 1.54) is 0 Å². The van der Waals surface area contributed by atoms with Gasteiger partial charge in [-0.25, -0.2) is 4.68 Å². The van der Waals surface area contributed by atoms with Gasteiger partial charge in [0.15, 0.2) is 0 Å². The number of rotatable bonds is 3. The second-order valence-electron chi connectivity index (χ2n) is 4.34. The monoisotopic (exact) mass is 254 g/mol. The van der Waals surface area contributed by atoms with E-state index in [4.69, 9.17) is 4.74 Å². The van der Waals surface area contributed by atoms with E-state index in [0.29, 0.717) is 6.61 Å². The molecule has 0 aliphatic rings. The van der Waals surface area contributed by atoms with Gasteiger partial charge < -0.3 is 4.74 Å². The first-order valence-corrected chi connectivity index (χ1v) is 6.03. The molecular formula is C14H14N4O. The third kappa shape index (κ3) is 2.08. The third-order valence-electron chi connectivity index (χ3n) is 2.97. The number of fused-ring (bicyclic) bond motifs is 1. The van der Waals surface area contributed by atoms with Crippen LogP contribution in [0.1, 0.15) is 11.4 Å². The topological polar surface area (TPSA) is 52.8 Å². The molecule has 0 spiro atoms. The first-order chi connectivity index (χ1) is 9.29. The SMILES string of the molecule is COCc1nn(-c2ccnc(C)c2)c2cnccc12. The van der Waals surface area contributed by atoms with Crippen LogP contribution in [0.25, 0.3) is 16.6 Å². The van der Waals surface area contributed by atoms with Crippen molar-refractivity contribution in [1.29, 1.82) is 0 Å². The molecule has 3 aromatic rings. The minimum atomic E-state index is 0.484. The van der Waals surface area contributed by atoms with Crippen LogP contribution in [0.3, 0.4) is 0 Å². The number of pyridine rings is 2. The molecule has 0 aliphatic heterocycles. The maximum Gasteiger partial charge on any atom is 0.0965 e. The zero-order valence-corrected chi connectivity index (χ0v) is 10.9. The molecule has 3 rings (SSSR count). The van der Waals surface area contributed by atoms with Gasteiger partial charge >= 0.3 is 0 Å². The van der Waals surface area contributed by atoms with E-state index < -0.39 is 0 Å². The molecular weight excluding hydrogens is 240 g/mol. The standard InChI is InChI=1S/C14H14N4O/c1-10-7-11(3-6-16-10)18-14-8-15-5-4-12(14)13(17-18)9-19-2/h3-8H,9H2,1-2H3. The van der Waals surface area contributed by atoms with E-state index in [-0.39, 0.29) is 0 Å². The highest BCUT2D eigenvalue weighted by Crippen LogP contribution is 2.21. The first kappa shape index (κ1) is 11.8. The van der Waals surface area contributed by atoms with Crippen molar-refractivity contribution >= 4 is 10.9 Å². The van der Waals surface area contributed by atoms with Crippen molar-refractivity contribution in [3.8, 4) is 5.69 Å². The summed E-state index contributed by atoms with van der Waals surface area (Å²) in [4.78, 5) is 8.38. The molecule has 5 nitrogen and oxygen atoms in total. The Morgan fingerprint density at radius 2 is 2.16 bits per heavy atom. The van der Waals surface area contributed by atoms with Crippen LogP contribution in [0, 0.1) is 6.92 Å². The van der Waals surface area contributed by atoms with E-state index >= 15 is 0 Å². The number of aromatic nitrogens is 4. The molecule has 0 atom stereocenters. The zero-order valence-electron chi connectivity index (χ0n) is 10.9. The van der Waals surface area contributed by atoms with Crippen LogP contribution in [-0.2, 0) is 11.3 Å². The Morgan fingerprint density at radius 1 is 1.26 bits per heavy atom. The summed E-state index contributed by atoms with van der Waals surface area (Å²) in [5.41, 5.74) is 3.82. The molecule has 5 heteroatoms. The van der Waals surface area contributed by atoms with Gasteiger partial charge in [-0.2, -0.15) is 5.10 Å². The van der Waals surface area contributed by atoms with Gasteiger partial charge in [0.2, 0.25) is 0 Å². The molecule has 0 aliphatic carbocycles. The lowest BCUT2D eigenvalue weighted by Gasteiger charge is -2.03. The summed E-state index contributed by atoms with van der Waals surface area (Å²) in [5.74, 6) is 0. The quantitative estimate of drug-likeness (QED) is 0.719. The second kappa shape index (κ2) is 4.78. The summed E-state index contributed by atoms with van der Waals surface area (Å²) in [7, 11) is 1.67. The number of ether oxygens (including phenoxy) is 1. The van der Waals surface area contributed by atoms with Gasteiger partial charge in [0, 0.05) is 30.6 Å². The molecule has 0 bridgehead atoms. The van der Waals surface area contributed by atoms with E-state index in [1.54, 1.807) is 19.5 Å². The molecule has 0 fully saturated rings. The number of nitrogens with zero attached hydrogens (tertiary/aromatic N) is 4. The third-order valence-corrected chi connectivity index (χ3v) is 2.97. The van der Waals surface area contributed by atoms with Crippen molar-refractivity contribution in [2.75, 3.05) is 7.11 Å². The maximum absolute atomic E-state index is 5.20. The average molecular weight is 254 g/mol. The minimum absolute atomic E-state index is 0.484. The van der Waals surface area contributed by atoms with Gasteiger partial charge in [0.05, 0.1) is 29.7 Å². The summed E-state index contributed by atoms with van der Waals surface area (Å²) in [5, 5.41) is 5.68. The van der Waals surface area contributed by atoms with Crippen LogP contribution in [0.4, 0.5) is 0 Å². The Morgan fingerprint density at radius 3 is 2.95 bits per heavy atom. The van der Waals surface area contributed by atoms with Gasteiger partial charge in [-0.3, -0.25) is 9.97 Å². The fraction of sp³-hybridized carbons (Fsp3) is 0.214. The van der Waals surface area contributed by atoms with Crippen LogP contribution >= 0.6 is 0 Å². The maximum atomic E-state index is 5.20. The Kier molecular flexibility index (Phi) is 2.97. The number of hydrogen-bond acceptors (Lipinski definition) is 4. The van der Waals surface area contributed by atoms with Crippen LogP contribution in [0.15, 0.2) is 36.8 Å². The summed E-state index contributed by atoms with van der Waals surface area (Å²) >= 11 is 0. The largest absolute Gasteiger partial charge is 0.378 e. The van der Waals surface area contributed by atoms with Crippen molar-refractivity contribution in [3.63, 3.8) is 0 Å². The molecule has 0 saturated heterocycles. The molecule has 19 heavy (non-hydrogen) atoms. The predicted octanol–water partition coefficient (Wildman–Crippen LogP) is 2.27. The molecule has 0 unspecified atom stereocenters. The average Bonchev–Trinajstić information content (AvgIpc) is 2.79. The van der Waals surface area contributed by atoms with E-state index in [9.17, 15) is 0 Å². The predicted molar refractivity (Wildman–Crippen MR) is 72.1 cm³/mol. The van der Waals surface area contributed by atoms with Crippen molar-refractivity contribution in [3.05, 3.63) is 48.2 Å². The van der Waals surface area contributed by atoms with Gasteiger partial charge in [-0.1, -0.05) is 0 Å². The molecule has 0 amide bonds. The van der Waals surface area contributed by atoms with Crippen LogP contribution < -0.4 is 0 Å². The summed E-state index contributed by atoms with van der Waals surface area (Å²) in [6.07, 6.45) is 5.37. The Bertz CT molecular complexity index is 720. The van der Waals surface area contributed by atoms with E-state index in [1.807, 2.05) is 36.0 Å². The van der Waals surface area contributed by atoms with Gasteiger partial charge in [-0.15, -0.1) is 0 Å². The first-order valence-electron chi connectivity index (χ1n) is 6.03. The van der Waals surface area contributed by atoms with Gasteiger partial charge in [0.1, 0.15) is 0 Å². The molecule has 96 valence electrons.